The number of carbonyl (C=O) groups is 1. The summed E-state index contributed by atoms with van der Waals surface area (Å²) < 4.78 is 0.704. The number of thiophene rings is 1. The first-order valence-corrected chi connectivity index (χ1v) is 8.17. The summed E-state index contributed by atoms with van der Waals surface area (Å²) in [5.74, 6) is -0.144. The Bertz CT molecular complexity index is 609. The number of nitrogens with zero attached hydrogens (tertiary/aromatic N) is 1. The van der Waals surface area contributed by atoms with Crippen LogP contribution in [0.15, 0.2) is 12.1 Å². The van der Waals surface area contributed by atoms with Crippen molar-refractivity contribution in [2.75, 3.05) is 6.61 Å². The predicted octanol–water partition coefficient (Wildman–Crippen LogP) is 3.33. The number of carbonyl (C=O) groups excluding carboxylic acids is 1. The Morgan fingerprint density at radius 1 is 1.50 bits per heavy atom. The normalized spacial score (nSPS) is 12.4. The second-order valence-corrected chi connectivity index (χ2v) is 7.14. The third kappa shape index (κ3) is 3.58. The minimum Gasteiger partial charge on any atom is -0.396 e. The van der Waals surface area contributed by atoms with Crippen LogP contribution in [0.1, 0.15) is 28.7 Å². The van der Waals surface area contributed by atoms with Crippen LogP contribution in [0.5, 0.6) is 0 Å². The van der Waals surface area contributed by atoms with E-state index in [1.165, 1.54) is 22.7 Å². The Balaban J connectivity index is 2.17. The van der Waals surface area contributed by atoms with Gasteiger partial charge in [0.15, 0.2) is 0 Å². The number of aliphatic hydroxyl groups is 1. The van der Waals surface area contributed by atoms with Crippen LogP contribution in [0.25, 0.3) is 9.88 Å². The van der Waals surface area contributed by atoms with E-state index in [1.54, 1.807) is 0 Å². The van der Waals surface area contributed by atoms with Gasteiger partial charge in [0.25, 0.3) is 5.91 Å². The molecule has 0 aliphatic heterocycles. The van der Waals surface area contributed by atoms with E-state index in [4.69, 9.17) is 16.7 Å². The first-order valence-electron chi connectivity index (χ1n) is 6.16. The van der Waals surface area contributed by atoms with E-state index in [2.05, 4.69) is 10.3 Å². The fourth-order valence-corrected chi connectivity index (χ4v) is 3.76. The van der Waals surface area contributed by atoms with Gasteiger partial charge in [-0.1, -0.05) is 11.6 Å². The van der Waals surface area contributed by atoms with Crippen molar-refractivity contribution >= 4 is 40.2 Å². The molecule has 2 N–H and O–H groups in total. The molecule has 2 heterocycles. The molecule has 0 aromatic carbocycles. The predicted molar refractivity (Wildman–Crippen MR) is 83.8 cm³/mol. The van der Waals surface area contributed by atoms with Crippen molar-refractivity contribution in [3.05, 3.63) is 27.0 Å². The Labute approximate surface area is 130 Å². The van der Waals surface area contributed by atoms with Crippen LogP contribution in [-0.4, -0.2) is 28.6 Å². The zero-order valence-electron chi connectivity index (χ0n) is 11.1. The first-order chi connectivity index (χ1) is 9.51. The Morgan fingerprint density at radius 3 is 2.85 bits per heavy atom. The van der Waals surface area contributed by atoms with Crippen LogP contribution in [0, 0.1) is 6.92 Å². The van der Waals surface area contributed by atoms with Crippen molar-refractivity contribution in [1.29, 1.82) is 0 Å². The van der Waals surface area contributed by atoms with Gasteiger partial charge in [-0.15, -0.1) is 22.7 Å². The largest absolute Gasteiger partial charge is 0.396 e. The molecule has 0 spiro atoms. The van der Waals surface area contributed by atoms with E-state index in [-0.39, 0.29) is 18.6 Å². The highest BCUT2D eigenvalue weighted by atomic mass is 35.5. The summed E-state index contributed by atoms with van der Waals surface area (Å²) in [5.41, 5.74) is 0.711. The lowest BCUT2D eigenvalue weighted by Crippen LogP contribution is -2.33. The quantitative estimate of drug-likeness (QED) is 0.884. The molecule has 0 aliphatic carbocycles. The molecule has 2 rings (SSSR count). The molecule has 0 aliphatic rings. The molecule has 1 unspecified atom stereocenters. The topological polar surface area (TPSA) is 62.2 Å². The molecule has 108 valence electrons. The molecule has 4 nitrogen and oxygen atoms in total. The van der Waals surface area contributed by atoms with Crippen molar-refractivity contribution in [1.82, 2.24) is 10.3 Å². The summed E-state index contributed by atoms with van der Waals surface area (Å²) >= 11 is 8.72. The van der Waals surface area contributed by atoms with Crippen LogP contribution >= 0.6 is 34.3 Å². The third-order valence-electron chi connectivity index (χ3n) is 2.73. The molecule has 2 aromatic heterocycles. The standard InChI is InChI=1S/C13H15ClN2O2S2/c1-7(5-6-17)15-12(18)11-8(2)16-13(20-11)9-3-4-10(14)19-9/h3-4,7,17H,5-6H2,1-2H3,(H,15,18). The minimum atomic E-state index is -0.144. The lowest BCUT2D eigenvalue weighted by Gasteiger charge is -2.11. The highest BCUT2D eigenvalue weighted by Crippen LogP contribution is 2.34. The Morgan fingerprint density at radius 2 is 2.25 bits per heavy atom. The van der Waals surface area contributed by atoms with Crippen molar-refractivity contribution in [2.45, 2.75) is 26.3 Å². The first kappa shape index (κ1) is 15.4. The maximum absolute atomic E-state index is 12.2. The zero-order chi connectivity index (χ0) is 14.7. The fraction of sp³-hybridized carbons (Fsp3) is 0.385. The molecule has 2 aromatic rings. The number of aliphatic hydroxyl groups excluding tert-OH is 1. The van der Waals surface area contributed by atoms with Crippen molar-refractivity contribution in [2.24, 2.45) is 0 Å². The number of halogens is 1. The van der Waals surface area contributed by atoms with Crippen LogP contribution < -0.4 is 5.32 Å². The average Bonchev–Trinajstić information content (AvgIpc) is 2.95. The second kappa shape index (κ2) is 6.67. The van der Waals surface area contributed by atoms with Gasteiger partial charge in [0.1, 0.15) is 9.88 Å². The number of nitrogens with one attached hydrogen (secondary N) is 1. The lowest BCUT2D eigenvalue weighted by molar-refractivity contribution is 0.0937. The van der Waals surface area contributed by atoms with Gasteiger partial charge in [0.2, 0.25) is 0 Å². The van der Waals surface area contributed by atoms with Crippen molar-refractivity contribution in [3.8, 4) is 9.88 Å². The number of aromatic nitrogens is 1. The van der Waals surface area contributed by atoms with Crippen molar-refractivity contribution < 1.29 is 9.90 Å². The van der Waals surface area contributed by atoms with Gasteiger partial charge in [0.05, 0.1) is 14.9 Å². The molecule has 1 amide bonds. The number of thiazole rings is 1. The number of hydrogen-bond donors (Lipinski definition) is 2. The van der Waals surface area contributed by atoms with E-state index in [9.17, 15) is 4.79 Å². The van der Waals surface area contributed by atoms with Gasteiger partial charge in [-0.3, -0.25) is 4.79 Å². The monoisotopic (exact) mass is 330 g/mol. The van der Waals surface area contributed by atoms with E-state index < -0.39 is 0 Å². The maximum Gasteiger partial charge on any atom is 0.263 e. The smallest absolute Gasteiger partial charge is 0.263 e. The lowest BCUT2D eigenvalue weighted by atomic mass is 10.2. The van der Waals surface area contributed by atoms with Gasteiger partial charge in [-0.2, -0.15) is 0 Å². The Kier molecular flexibility index (Phi) is 5.15. The van der Waals surface area contributed by atoms with E-state index in [0.717, 1.165) is 9.88 Å². The number of amides is 1. The SMILES string of the molecule is Cc1nc(-c2ccc(Cl)s2)sc1C(=O)NC(C)CCO. The summed E-state index contributed by atoms with van der Waals surface area (Å²) in [4.78, 5) is 18.2. The second-order valence-electron chi connectivity index (χ2n) is 4.42. The molecular weight excluding hydrogens is 316 g/mol. The summed E-state index contributed by atoms with van der Waals surface area (Å²) in [7, 11) is 0. The minimum absolute atomic E-state index is 0.0576. The van der Waals surface area contributed by atoms with E-state index >= 15 is 0 Å². The van der Waals surface area contributed by atoms with Gasteiger partial charge in [-0.25, -0.2) is 4.98 Å². The highest BCUT2D eigenvalue weighted by Gasteiger charge is 2.18. The van der Waals surface area contributed by atoms with Crippen LogP contribution in [0.4, 0.5) is 0 Å². The Hall–Kier alpha value is -0.950. The number of hydrogen-bond acceptors (Lipinski definition) is 5. The summed E-state index contributed by atoms with van der Waals surface area (Å²) in [6, 6.07) is 3.66. The number of rotatable bonds is 5. The van der Waals surface area contributed by atoms with Gasteiger partial charge < -0.3 is 10.4 Å². The fourth-order valence-electron chi connectivity index (χ4n) is 1.70. The van der Waals surface area contributed by atoms with Gasteiger partial charge in [-0.05, 0) is 32.4 Å². The zero-order valence-corrected chi connectivity index (χ0v) is 13.5. The third-order valence-corrected chi connectivity index (χ3v) is 5.28. The molecule has 0 bridgehead atoms. The van der Waals surface area contributed by atoms with Crippen molar-refractivity contribution in [3.63, 3.8) is 0 Å². The van der Waals surface area contributed by atoms with Gasteiger partial charge in [0, 0.05) is 12.6 Å². The molecule has 0 fully saturated rings. The molecule has 1 atom stereocenters. The molecular formula is C13H15ClN2O2S2. The number of aryl methyl sites for hydroxylation is 1. The molecule has 7 heteroatoms. The van der Waals surface area contributed by atoms with Crippen LogP contribution in [-0.2, 0) is 0 Å². The average molecular weight is 331 g/mol. The summed E-state index contributed by atoms with van der Waals surface area (Å²) in [5, 5.41) is 12.5. The molecule has 0 saturated carbocycles. The summed E-state index contributed by atoms with van der Waals surface area (Å²) in [6.45, 7) is 3.74. The van der Waals surface area contributed by atoms with E-state index in [1.807, 2.05) is 26.0 Å². The molecule has 0 saturated heterocycles. The molecule has 20 heavy (non-hydrogen) atoms. The van der Waals surface area contributed by atoms with Gasteiger partial charge >= 0.3 is 0 Å². The highest BCUT2D eigenvalue weighted by molar-refractivity contribution is 7.24. The van der Waals surface area contributed by atoms with E-state index in [0.29, 0.717) is 21.3 Å². The van der Waals surface area contributed by atoms with Crippen LogP contribution in [0.3, 0.4) is 0 Å². The maximum atomic E-state index is 12.2. The molecule has 0 radical (unpaired) electrons. The van der Waals surface area contributed by atoms with Crippen LogP contribution in [0.2, 0.25) is 4.34 Å². The summed E-state index contributed by atoms with van der Waals surface area (Å²) in [6.07, 6.45) is 0.539.